The van der Waals surface area contributed by atoms with E-state index in [-0.39, 0.29) is 22.4 Å². The third kappa shape index (κ3) is 4.66. The molecule has 0 saturated carbocycles. The first-order valence-electron chi connectivity index (χ1n) is 9.14. The second kappa shape index (κ2) is 9.62. The molecule has 2 aliphatic rings. The lowest BCUT2D eigenvalue weighted by molar-refractivity contribution is -0.150. The minimum absolute atomic E-state index is 0.0332. The Labute approximate surface area is 203 Å². The van der Waals surface area contributed by atoms with Crippen LogP contribution in [0.1, 0.15) is 10.8 Å². The average Bonchev–Trinajstić information content (AvgIpc) is 3.40. The molecule has 1 saturated heterocycles. The number of thioether (sulfide) groups is 2. The molecule has 0 aliphatic carbocycles. The van der Waals surface area contributed by atoms with Crippen molar-refractivity contribution in [2.45, 2.75) is 22.7 Å². The van der Waals surface area contributed by atoms with Gasteiger partial charge in [-0.05, 0) is 12.5 Å². The van der Waals surface area contributed by atoms with Crippen LogP contribution in [0.4, 0.5) is 5.13 Å². The van der Waals surface area contributed by atoms with E-state index in [2.05, 4.69) is 30.0 Å². The third-order valence-electron chi connectivity index (χ3n) is 4.46. The minimum Gasteiger partial charge on any atom is -0.477 e. The lowest BCUT2D eigenvalue weighted by Crippen LogP contribution is -2.71. The van der Waals surface area contributed by atoms with Gasteiger partial charge >= 0.3 is 5.97 Å². The monoisotopic (exact) mass is 528 g/mol. The molecule has 2 atom stereocenters. The number of nitrogens with two attached hydrogens (primary N) is 1. The fourth-order valence-electron chi connectivity index (χ4n) is 3.10. The molecule has 13 nitrogen and oxygen atoms in total. The molecule has 2 aromatic heterocycles. The predicted molar refractivity (Wildman–Crippen MR) is 123 cm³/mol. The summed E-state index contributed by atoms with van der Waals surface area (Å²) in [5, 5.41) is 24.4. The number of hydrogen-bond donors (Lipinski definition) is 3. The van der Waals surface area contributed by atoms with Gasteiger partial charge in [0.2, 0.25) is 11.5 Å². The molecule has 1 fully saturated rings. The number of nitrogens with one attached hydrogen (secondary N) is 1. The van der Waals surface area contributed by atoms with Crippen LogP contribution in [0.3, 0.4) is 0 Å². The SMILES string of the molecule is CON=C(C(=O)NC1C(=O)N2C(C(=O)O)=C(CSc3nnc(C)s3)CS[C@H]12)c1nsc(N)n1. The highest BCUT2D eigenvalue weighted by Crippen LogP contribution is 2.41. The van der Waals surface area contributed by atoms with Gasteiger partial charge in [0.15, 0.2) is 9.47 Å². The molecule has 4 rings (SSSR count). The first-order valence-corrected chi connectivity index (χ1v) is 12.8. The Balaban J connectivity index is 1.49. The van der Waals surface area contributed by atoms with Gasteiger partial charge < -0.3 is 21.0 Å². The molecule has 0 bridgehead atoms. The molecular formula is C16H16N8O5S4. The van der Waals surface area contributed by atoms with Gasteiger partial charge in [0.05, 0.1) is 0 Å². The number of aliphatic carboxylic acids is 1. The number of anilines is 1. The quantitative estimate of drug-likeness (QED) is 0.183. The van der Waals surface area contributed by atoms with Crippen molar-refractivity contribution in [1.82, 2.24) is 29.8 Å². The molecule has 17 heteroatoms. The second-order valence-corrected chi connectivity index (χ2v) is 10.9. The normalized spacial score (nSPS) is 20.4. The molecule has 2 amide bonds. The van der Waals surface area contributed by atoms with E-state index in [0.717, 1.165) is 20.9 Å². The molecule has 4 heterocycles. The van der Waals surface area contributed by atoms with E-state index in [0.29, 0.717) is 17.1 Å². The highest BCUT2D eigenvalue weighted by Gasteiger charge is 2.54. The van der Waals surface area contributed by atoms with Crippen LogP contribution in [-0.4, -0.2) is 83.1 Å². The summed E-state index contributed by atoms with van der Waals surface area (Å²) in [5.74, 6) is -1.76. The molecule has 4 N–H and O–H groups in total. The zero-order valence-electron chi connectivity index (χ0n) is 17.0. The summed E-state index contributed by atoms with van der Waals surface area (Å²) in [6.07, 6.45) is 0. The van der Waals surface area contributed by atoms with Gasteiger partial charge in [-0.1, -0.05) is 28.3 Å². The van der Waals surface area contributed by atoms with Crippen molar-refractivity contribution in [3.63, 3.8) is 0 Å². The van der Waals surface area contributed by atoms with Crippen LogP contribution < -0.4 is 11.1 Å². The van der Waals surface area contributed by atoms with Crippen LogP contribution in [0.25, 0.3) is 0 Å². The van der Waals surface area contributed by atoms with Crippen molar-refractivity contribution < 1.29 is 24.3 Å². The number of aryl methyl sites for hydroxylation is 1. The first kappa shape index (κ1) is 23.4. The number of carbonyl (C=O) groups is 3. The van der Waals surface area contributed by atoms with Gasteiger partial charge in [-0.3, -0.25) is 14.5 Å². The van der Waals surface area contributed by atoms with Gasteiger partial charge in [-0.2, -0.15) is 9.36 Å². The summed E-state index contributed by atoms with van der Waals surface area (Å²) >= 11 is 5.03. The molecule has 2 aromatic rings. The molecular weight excluding hydrogens is 512 g/mol. The Hall–Kier alpha value is -2.76. The van der Waals surface area contributed by atoms with Crippen molar-refractivity contribution in [3.05, 3.63) is 22.1 Å². The van der Waals surface area contributed by atoms with Crippen LogP contribution >= 0.6 is 46.4 Å². The molecule has 1 unspecified atom stereocenters. The number of fused-ring (bicyclic) bond motifs is 1. The minimum atomic E-state index is -1.20. The van der Waals surface area contributed by atoms with Crippen LogP contribution in [0, 0.1) is 6.92 Å². The maximum absolute atomic E-state index is 12.8. The van der Waals surface area contributed by atoms with Gasteiger partial charge in [0, 0.05) is 23.0 Å². The van der Waals surface area contributed by atoms with Crippen molar-refractivity contribution in [2.24, 2.45) is 5.16 Å². The number of oxime groups is 1. The van der Waals surface area contributed by atoms with E-state index in [4.69, 9.17) is 10.6 Å². The number of aromatic nitrogens is 4. The lowest BCUT2D eigenvalue weighted by Gasteiger charge is -2.49. The number of carbonyl (C=O) groups excluding carboxylic acids is 2. The highest BCUT2D eigenvalue weighted by atomic mass is 32.2. The maximum atomic E-state index is 12.8. The largest absolute Gasteiger partial charge is 0.477 e. The standard InChI is InChI=1S/C16H16N8O5S4/c1-5-20-21-16(32-5)31-4-6-3-30-13-8(12(26)24(13)9(6)14(27)28)18-11(25)7(22-29-2)10-19-15(17)33-23-10/h8,13H,3-4H2,1-2H3,(H,18,25)(H,27,28)(H2,17,19,23)/t8?,13-/m1/s1. The fourth-order valence-corrected chi connectivity index (χ4v) is 6.83. The Morgan fingerprint density at radius 2 is 2.21 bits per heavy atom. The van der Waals surface area contributed by atoms with Crippen LogP contribution in [-0.2, 0) is 19.2 Å². The Morgan fingerprint density at radius 1 is 1.42 bits per heavy atom. The molecule has 0 radical (unpaired) electrons. The number of carboxylic acids is 1. The van der Waals surface area contributed by atoms with E-state index >= 15 is 0 Å². The smallest absolute Gasteiger partial charge is 0.352 e. The zero-order valence-corrected chi connectivity index (χ0v) is 20.3. The van der Waals surface area contributed by atoms with Crippen molar-refractivity contribution in [3.8, 4) is 0 Å². The van der Waals surface area contributed by atoms with Gasteiger partial charge in [-0.15, -0.1) is 22.0 Å². The van der Waals surface area contributed by atoms with E-state index in [1.54, 1.807) is 0 Å². The number of hydrogen-bond acceptors (Lipinski definition) is 14. The number of rotatable bonds is 8. The van der Waals surface area contributed by atoms with Crippen LogP contribution in [0.5, 0.6) is 0 Å². The molecule has 174 valence electrons. The number of nitrogens with zero attached hydrogens (tertiary/aromatic N) is 6. The van der Waals surface area contributed by atoms with Crippen molar-refractivity contribution in [2.75, 3.05) is 24.3 Å². The van der Waals surface area contributed by atoms with Gasteiger partial charge in [0.1, 0.15) is 29.2 Å². The number of amides is 2. The maximum Gasteiger partial charge on any atom is 0.352 e. The summed E-state index contributed by atoms with van der Waals surface area (Å²) in [4.78, 5) is 47.4. The van der Waals surface area contributed by atoms with Gasteiger partial charge in [0.25, 0.3) is 11.8 Å². The fraction of sp³-hybridized carbons (Fsp3) is 0.375. The highest BCUT2D eigenvalue weighted by molar-refractivity contribution is 8.01. The molecule has 2 aliphatic heterocycles. The molecule has 0 spiro atoms. The Morgan fingerprint density at radius 3 is 2.82 bits per heavy atom. The van der Waals surface area contributed by atoms with E-state index in [1.807, 2.05) is 6.92 Å². The Bertz CT molecular complexity index is 1180. The third-order valence-corrected chi connectivity index (χ3v) is 8.41. The number of carboxylic acid groups (broad SMARTS) is 1. The summed E-state index contributed by atoms with van der Waals surface area (Å²) in [6, 6.07) is -0.935. The summed E-state index contributed by atoms with van der Waals surface area (Å²) in [5.41, 5.74) is 5.86. The summed E-state index contributed by atoms with van der Waals surface area (Å²) < 4.78 is 4.66. The van der Waals surface area contributed by atoms with E-state index in [9.17, 15) is 19.5 Å². The van der Waals surface area contributed by atoms with Crippen LogP contribution in [0.15, 0.2) is 20.8 Å². The van der Waals surface area contributed by atoms with E-state index in [1.165, 1.54) is 46.9 Å². The van der Waals surface area contributed by atoms with Gasteiger partial charge in [-0.25, -0.2) is 4.79 Å². The Kier molecular flexibility index (Phi) is 6.82. The predicted octanol–water partition coefficient (Wildman–Crippen LogP) is 0.162. The second-order valence-electron chi connectivity index (χ2n) is 6.57. The summed E-state index contributed by atoms with van der Waals surface area (Å²) in [6.45, 7) is 1.83. The first-order chi connectivity index (χ1) is 15.8. The van der Waals surface area contributed by atoms with E-state index < -0.39 is 29.2 Å². The average molecular weight is 529 g/mol. The van der Waals surface area contributed by atoms with Crippen LogP contribution in [0.2, 0.25) is 0 Å². The number of β-lactam (4-membered cyclic amide) rings is 1. The molecule has 33 heavy (non-hydrogen) atoms. The number of nitrogen functional groups attached to an aromatic ring is 1. The topological polar surface area (TPSA) is 186 Å². The lowest BCUT2D eigenvalue weighted by atomic mass is 10.0. The van der Waals surface area contributed by atoms with Crippen molar-refractivity contribution >= 4 is 75.0 Å². The summed E-state index contributed by atoms with van der Waals surface area (Å²) in [7, 11) is 1.25. The van der Waals surface area contributed by atoms with Crippen molar-refractivity contribution in [1.29, 1.82) is 0 Å². The zero-order chi connectivity index (χ0) is 23.7. The molecule has 0 aromatic carbocycles.